The molecule has 1 unspecified atom stereocenters. The van der Waals surface area contributed by atoms with Crippen molar-refractivity contribution in [2.75, 3.05) is 12.4 Å². The maximum Gasteiger partial charge on any atom is 0.332 e. The first-order chi connectivity index (χ1) is 9.99. The summed E-state index contributed by atoms with van der Waals surface area (Å²) in [6, 6.07) is 10.4. The van der Waals surface area contributed by atoms with E-state index in [0.29, 0.717) is 11.3 Å². The Morgan fingerprint density at radius 2 is 2.10 bits per heavy atom. The molecule has 0 spiro atoms. The van der Waals surface area contributed by atoms with Crippen LogP contribution in [0, 0.1) is 5.82 Å². The first-order valence-electron chi connectivity index (χ1n) is 6.05. The molecule has 0 amide bonds. The van der Waals surface area contributed by atoms with Crippen LogP contribution in [-0.4, -0.2) is 13.1 Å². The summed E-state index contributed by atoms with van der Waals surface area (Å²) in [7, 11) is 1.28. The minimum Gasteiger partial charge on any atom is -0.467 e. The van der Waals surface area contributed by atoms with Gasteiger partial charge in [0.25, 0.3) is 0 Å². The highest BCUT2D eigenvalue weighted by Crippen LogP contribution is 2.26. The SMILES string of the molecule is COC(=O)C(Nc1cccc(Br)c1)c1cc(F)cc(Cl)c1. The van der Waals surface area contributed by atoms with Gasteiger partial charge in [0.05, 0.1) is 7.11 Å². The second kappa shape index (κ2) is 6.91. The molecule has 2 aromatic carbocycles. The van der Waals surface area contributed by atoms with Gasteiger partial charge in [0.2, 0.25) is 0 Å². The predicted octanol–water partition coefficient (Wildman–Crippen LogP) is 4.57. The van der Waals surface area contributed by atoms with Crippen LogP contribution in [0.1, 0.15) is 11.6 Å². The molecule has 6 heteroatoms. The van der Waals surface area contributed by atoms with Crippen LogP contribution in [0.3, 0.4) is 0 Å². The number of anilines is 1. The summed E-state index contributed by atoms with van der Waals surface area (Å²) in [4.78, 5) is 12.0. The number of hydrogen-bond donors (Lipinski definition) is 1. The summed E-state index contributed by atoms with van der Waals surface area (Å²) in [5, 5.41) is 3.23. The molecule has 3 nitrogen and oxygen atoms in total. The first kappa shape index (κ1) is 15.8. The third-order valence-electron chi connectivity index (χ3n) is 2.79. The van der Waals surface area contributed by atoms with Gasteiger partial charge in [-0.15, -0.1) is 0 Å². The Labute approximate surface area is 135 Å². The quantitative estimate of drug-likeness (QED) is 0.799. The van der Waals surface area contributed by atoms with E-state index in [0.717, 1.165) is 4.47 Å². The molecular formula is C15H12BrClFNO2. The molecule has 110 valence electrons. The molecule has 0 bridgehead atoms. The molecule has 0 fully saturated rings. The number of methoxy groups -OCH3 is 1. The van der Waals surface area contributed by atoms with Gasteiger partial charge in [0.1, 0.15) is 5.82 Å². The van der Waals surface area contributed by atoms with Crippen LogP contribution in [0.25, 0.3) is 0 Å². The van der Waals surface area contributed by atoms with E-state index in [4.69, 9.17) is 16.3 Å². The van der Waals surface area contributed by atoms with E-state index >= 15 is 0 Å². The van der Waals surface area contributed by atoms with Crippen LogP contribution in [-0.2, 0) is 9.53 Å². The molecule has 0 aliphatic rings. The summed E-state index contributed by atoms with van der Waals surface area (Å²) in [6.07, 6.45) is 0. The van der Waals surface area contributed by atoms with E-state index in [9.17, 15) is 9.18 Å². The lowest BCUT2D eigenvalue weighted by atomic mass is 10.1. The van der Waals surface area contributed by atoms with Crippen molar-refractivity contribution < 1.29 is 13.9 Å². The van der Waals surface area contributed by atoms with Gasteiger partial charge in [-0.25, -0.2) is 9.18 Å². The monoisotopic (exact) mass is 371 g/mol. The van der Waals surface area contributed by atoms with E-state index in [1.807, 2.05) is 12.1 Å². The van der Waals surface area contributed by atoms with Crippen molar-refractivity contribution in [1.82, 2.24) is 0 Å². The zero-order chi connectivity index (χ0) is 15.4. The number of carbonyl (C=O) groups excluding carboxylic acids is 1. The molecule has 0 aromatic heterocycles. The van der Waals surface area contributed by atoms with Gasteiger partial charge in [-0.1, -0.05) is 33.6 Å². The molecule has 2 aromatic rings. The van der Waals surface area contributed by atoms with Crippen molar-refractivity contribution in [2.45, 2.75) is 6.04 Å². The van der Waals surface area contributed by atoms with Crippen molar-refractivity contribution in [3.8, 4) is 0 Å². The van der Waals surface area contributed by atoms with Crippen LogP contribution in [0.2, 0.25) is 5.02 Å². The van der Waals surface area contributed by atoms with Crippen LogP contribution < -0.4 is 5.32 Å². The molecule has 0 saturated carbocycles. The molecule has 1 atom stereocenters. The van der Waals surface area contributed by atoms with E-state index in [1.165, 1.54) is 25.3 Å². The predicted molar refractivity (Wildman–Crippen MR) is 83.9 cm³/mol. The van der Waals surface area contributed by atoms with Gasteiger partial charge in [0.15, 0.2) is 6.04 Å². The molecule has 1 N–H and O–H groups in total. The topological polar surface area (TPSA) is 38.3 Å². The third kappa shape index (κ3) is 4.19. The largest absolute Gasteiger partial charge is 0.467 e. The van der Waals surface area contributed by atoms with E-state index in [1.54, 1.807) is 12.1 Å². The van der Waals surface area contributed by atoms with Crippen molar-refractivity contribution in [1.29, 1.82) is 0 Å². The number of carbonyl (C=O) groups is 1. The average Bonchev–Trinajstić information content (AvgIpc) is 2.43. The minimum atomic E-state index is -0.850. The average molecular weight is 373 g/mol. The van der Waals surface area contributed by atoms with Crippen LogP contribution in [0.5, 0.6) is 0 Å². The smallest absolute Gasteiger partial charge is 0.332 e. The Kier molecular flexibility index (Phi) is 5.20. The van der Waals surface area contributed by atoms with Crippen molar-refractivity contribution in [3.63, 3.8) is 0 Å². The summed E-state index contributed by atoms with van der Waals surface area (Å²) in [6.45, 7) is 0. The fourth-order valence-electron chi connectivity index (χ4n) is 1.88. The summed E-state index contributed by atoms with van der Waals surface area (Å²) < 4.78 is 19.1. The Balaban J connectivity index is 2.36. The Bertz CT molecular complexity index is 646. The maximum atomic E-state index is 13.5. The van der Waals surface area contributed by atoms with E-state index in [2.05, 4.69) is 21.2 Å². The number of benzene rings is 2. The van der Waals surface area contributed by atoms with Crippen LogP contribution in [0.15, 0.2) is 46.9 Å². The molecule has 2 rings (SSSR count). The zero-order valence-electron chi connectivity index (χ0n) is 11.1. The fraction of sp³-hybridized carbons (Fsp3) is 0.133. The molecule has 0 aliphatic heterocycles. The van der Waals surface area contributed by atoms with Crippen molar-refractivity contribution >= 4 is 39.2 Å². The van der Waals surface area contributed by atoms with Crippen molar-refractivity contribution in [2.24, 2.45) is 0 Å². The van der Waals surface area contributed by atoms with Crippen molar-refractivity contribution in [3.05, 3.63) is 63.3 Å². The normalized spacial score (nSPS) is 11.8. The molecular weight excluding hydrogens is 361 g/mol. The molecule has 21 heavy (non-hydrogen) atoms. The molecule has 0 radical (unpaired) electrons. The Morgan fingerprint density at radius 3 is 2.71 bits per heavy atom. The lowest BCUT2D eigenvalue weighted by molar-refractivity contribution is -0.141. The lowest BCUT2D eigenvalue weighted by Crippen LogP contribution is -2.22. The molecule has 0 aliphatic carbocycles. The summed E-state index contributed by atoms with van der Waals surface area (Å²) >= 11 is 9.19. The number of ether oxygens (including phenoxy) is 1. The second-order valence-corrected chi connectivity index (χ2v) is 5.67. The standard InChI is InChI=1S/C15H12BrClFNO2/c1-21-15(20)14(9-5-11(17)8-12(18)6-9)19-13-4-2-3-10(16)7-13/h2-8,14,19H,1H3. The highest BCUT2D eigenvalue weighted by Gasteiger charge is 2.22. The zero-order valence-corrected chi connectivity index (χ0v) is 13.4. The van der Waals surface area contributed by atoms with Crippen LogP contribution in [0.4, 0.5) is 10.1 Å². The van der Waals surface area contributed by atoms with Gasteiger partial charge in [-0.05, 0) is 42.0 Å². The van der Waals surface area contributed by atoms with Crippen LogP contribution >= 0.6 is 27.5 Å². The fourth-order valence-corrected chi connectivity index (χ4v) is 2.51. The van der Waals surface area contributed by atoms with Gasteiger partial charge in [-0.3, -0.25) is 0 Å². The Morgan fingerprint density at radius 1 is 1.33 bits per heavy atom. The number of esters is 1. The summed E-state index contributed by atoms with van der Waals surface area (Å²) in [5.74, 6) is -1.04. The lowest BCUT2D eigenvalue weighted by Gasteiger charge is -2.18. The van der Waals surface area contributed by atoms with E-state index < -0.39 is 17.8 Å². The maximum absolute atomic E-state index is 13.5. The third-order valence-corrected chi connectivity index (χ3v) is 3.50. The van der Waals surface area contributed by atoms with Gasteiger partial charge in [-0.2, -0.15) is 0 Å². The first-order valence-corrected chi connectivity index (χ1v) is 7.22. The minimum absolute atomic E-state index is 0.218. The number of hydrogen-bond acceptors (Lipinski definition) is 3. The molecule has 0 saturated heterocycles. The molecule has 0 heterocycles. The Hall–Kier alpha value is -1.59. The highest BCUT2D eigenvalue weighted by molar-refractivity contribution is 9.10. The number of nitrogens with one attached hydrogen (secondary N) is 1. The van der Waals surface area contributed by atoms with Gasteiger partial charge >= 0.3 is 5.97 Å². The summed E-state index contributed by atoms with van der Waals surface area (Å²) in [5.41, 5.74) is 1.09. The number of halogens is 3. The highest BCUT2D eigenvalue weighted by atomic mass is 79.9. The van der Waals surface area contributed by atoms with E-state index in [-0.39, 0.29) is 5.02 Å². The number of rotatable bonds is 4. The second-order valence-electron chi connectivity index (χ2n) is 4.31. The van der Waals surface area contributed by atoms with Gasteiger partial charge < -0.3 is 10.1 Å². The van der Waals surface area contributed by atoms with Gasteiger partial charge in [0, 0.05) is 15.2 Å².